The van der Waals surface area contributed by atoms with Gasteiger partial charge in [0.15, 0.2) is 5.65 Å². The molecule has 0 bridgehead atoms. The van der Waals surface area contributed by atoms with E-state index in [4.69, 9.17) is 0 Å². The molecule has 166 valence electrons. The molecule has 0 radical (unpaired) electrons. The molecule has 1 fully saturated rings. The fraction of sp³-hybridized carbons (Fsp3) is 0.381. The number of carbonyl (C=O) groups excluding carboxylic acids is 1. The van der Waals surface area contributed by atoms with Gasteiger partial charge in [-0.3, -0.25) is 4.79 Å². The number of piperazine rings is 1. The zero-order valence-corrected chi connectivity index (χ0v) is 17.4. The van der Waals surface area contributed by atoms with Gasteiger partial charge in [-0.2, -0.15) is 18.3 Å². The van der Waals surface area contributed by atoms with E-state index in [9.17, 15) is 22.4 Å². The molecule has 31 heavy (non-hydrogen) atoms. The van der Waals surface area contributed by atoms with E-state index in [1.165, 1.54) is 18.3 Å². The van der Waals surface area contributed by atoms with Crippen molar-refractivity contribution in [3.05, 3.63) is 53.6 Å². The number of fused-ring (bicyclic) bond motifs is 1. The van der Waals surface area contributed by atoms with E-state index in [0.717, 1.165) is 22.7 Å². The summed E-state index contributed by atoms with van der Waals surface area (Å²) >= 11 is 0. The fourth-order valence-electron chi connectivity index (χ4n) is 3.33. The number of nitrogens with zero attached hydrogens (tertiary/aromatic N) is 4. The van der Waals surface area contributed by atoms with Gasteiger partial charge in [0.25, 0.3) is 5.91 Å². The molecular weight excluding hydrogens is 414 g/mol. The molecule has 0 saturated carbocycles. The SMILES string of the molecule is CC.CC1CN(C(=O)c2cn3nc(-c4ccc(F)cc4)cc(C(F)(F)F)c3n2)CCN1. The van der Waals surface area contributed by atoms with Gasteiger partial charge in [0.05, 0.1) is 11.9 Å². The number of alkyl halides is 3. The largest absolute Gasteiger partial charge is 0.420 e. The van der Waals surface area contributed by atoms with E-state index in [-0.39, 0.29) is 17.4 Å². The van der Waals surface area contributed by atoms with Crippen LogP contribution in [0.2, 0.25) is 0 Å². The minimum atomic E-state index is -4.70. The summed E-state index contributed by atoms with van der Waals surface area (Å²) in [5.41, 5.74) is -1.25. The highest BCUT2D eigenvalue weighted by Crippen LogP contribution is 2.34. The van der Waals surface area contributed by atoms with Crippen molar-refractivity contribution < 1.29 is 22.4 Å². The van der Waals surface area contributed by atoms with Crippen LogP contribution in [0.15, 0.2) is 36.5 Å². The van der Waals surface area contributed by atoms with Gasteiger partial charge < -0.3 is 10.2 Å². The van der Waals surface area contributed by atoms with Crippen LogP contribution in [-0.2, 0) is 6.18 Å². The van der Waals surface area contributed by atoms with Gasteiger partial charge >= 0.3 is 6.18 Å². The number of halogens is 4. The van der Waals surface area contributed by atoms with Crippen LogP contribution < -0.4 is 5.32 Å². The molecule has 3 heterocycles. The Balaban J connectivity index is 0.00000132. The standard InChI is InChI=1S/C19H17F4N5O.C2H6/c1-11-9-27(7-6-24-11)18(29)16-10-28-17(25-16)14(19(21,22)23)8-15(26-28)12-2-4-13(20)5-3-12;1-2/h2-5,8,10-11,24H,6-7,9H2,1H3;1-2H3. The quantitative estimate of drug-likeness (QED) is 0.616. The summed E-state index contributed by atoms with van der Waals surface area (Å²) in [5.74, 6) is -0.952. The highest BCUT2D eigenvalue weighted by molar-refractivity contribution is 5.93. The Hall–Kier alpha value is -3.01. The second kappa shape index (κ2) is 9.01. The summed E-state index contributed by atoms with van der Waals surface area (Å²) in [4.78, 5) is 18.2. The van der Waals surface area contributed by atoms with Crippen molar-refractivity contribution in [1.82, 2.24) is 24.8 Å². The number of nitrogens with one attached hydrogen (secondary N) is 1. The number of hydrogen-bond acceptors (Lipinski definition) is 4. The highest BCUT2D eigenvalue weighted by Gasteiger charge is 2.36. The average molecular weight is 437 g/mol. The molecule has 0 aliphatic carbocycles. The molecule has 1 N–H and O–H groups in total. The molecule has 1 atom stereocenters. The summed E-state index contributed by atoms with van der Waals surface area (Å²) in [6, 6.07) is 5.91. The van der Waals surface area contributed by atoms with Crippen LogP contribution in [0.3, 0.4) is 0 Å². The molecule has 1 unspecified atom stereocenters. The molecular formula is C21H23F4N5O. The molecule has 2 aromatic heterocycles. The van der Waals surface area contributed by atoms with Crippen LogP contribution in [0.25, 0.3) is 16.9 Å². The molecule has 6 nitrogen and oxygen atoms in total. The normalized spacial score (nSPS) is 16.7. The molecule has 10 heteroatoms. The first-order valence-corrected chi connectivity index (χ1v) is 9.98. The van der Waals surface area contributed by atoms with E-state index in [0.29, 0.717) is 25.2 Å². The minimum absolute atomic E-state index is 0.00276. The number of rotatable bonds is 2. The predicted molar refractivity (Wildman–Crippen MR) is 108 cm³/mol. The first-order chi connectivity index (χ1) is 14.7. The van der Waals surface area contributed by atoms with Gasteiger partial charge in [0, 0.05) is 31.2 Å². The maximum absolute atomic E-state index is 13.6. The lowest BCUT2D eigenvalue weighted by atomic mass is 10.1. The molecule has 0 spiro atoms. The lowest BCUT2D eigenvalue weighted by Crippen LogP contribution is -2.51. The molecule has 4 rings (SSSR count). The number of hydrogen-bond donors (Lipinski definition) is 1. The maximum atomic E-state index is 13.6. The van der Waals surface area contributed by atoms with Crippen LogP contribution in [0.1, 0.15) is 36.8 Å². The topological polar surface area (TPSA) is 62.5 Å². The van der Waals surface area contributed by atoms with Crippen LogP contribution in [-0.4, -0.2) is 51.1 Å². The molecule has 1 saturated heterocycles. The van der Waals surface area contributed by atoms with Gasteiger partial charge in [0.1, 0.15) is 17.1 Å². The van der Waals surface area contributed by atoms with Crippen LogP contribution in [0.5, 0.6) is 0 Å². The van der Waals surface area contributed by atoms with Crippen molar-refractivity contribution in [2.24, 2.45) is 0 Å². The average Bonchev–Trinajstić information content (AvgIpc) is 3.18. The lowest BCUT2D eigenvalue weighted by Gasteiger charge is -2.31. The molecule has 1 amide bonds. The van der Waals surface area contributed by atoms with Crippen molar-refractivity contribution in [2.75, 3.05) is 19.6 Å². The third-order valence-electron chi connectivity index (χ3n) is 4.75. The van der Waals surface area contributed by atoms with Crippen LogP contribution >= 0.6 is 0 Å². The summed E-state index contributed by atoms with van der Waals surface area (Å²) in [6.45, 7) is 7.40. The van der Waals surface area contributed by atoms with Gasteiger partial charge in [-0.1, -0.05) is 13.8 Å². The second-order valence-electron chi connectivity index (χ2n) is 6.95. The van der Waals surface area contributed by atoms with Crippen LogP contribution in [0.4, 0.5) is 17.6 Å². The van der Waals surface area contributed by atoms with Gasteiger partial charge in [-0.15, -0.1) is 0 Å². The Morgan fingerprint density at radius 3 is 2.48 bits per heavy atom. The summed E-state index contributed by atoms with van der Waals surface area (Å²) in [6.07, 6.45) is -3.50. The van der Waals surface area contributed by atoms with E-state index < -0.39 is 29.1 Å². The summed E-state index contributed by atoms with van der Waals surface area (Å²) < 4.78 is 55.1. The van der Waals surface area contributed by atoms with Gasteiger partial charge in [0.2, 0.25) is 0 Å². The third kappa shape index (κ3) is 4.84. The van der Waals surface area contributed by atoms with E-state index >= 15 is 0 Å². The molecule has 3 aromatic rings. The second-order valence-corrected chi connectivity index (χ2v) is 6.95. The minimum Gasteiger partial charge on any atom is -0.334 e. The van der Waals surface area contributed by atoms with Crippen molar-refractivity contribution in [3.8, 4) is 11.3 Å². The molecule has 1 aliphatic heterocycles. The number of amides is 1. The summed E-state index contributed by atoms with van der Waals surface area (Å²) in [5, 5.41) is 7.36. The van der Waals surface area contributed by atoms with E-state index in [1.54, 1.807) is 4.90 Å². The van der Waals surface area contributed by atoms with Crippen molar-refractivity contribution in [2.45, 2.75) is 33.0 Å². The first-order valence-electron chi connectivity index (χ1n) is 9.98. The van der Waals surface area contributed by atoms with Gasteiger partial charge in [-0.25, -0.2) is 13.9 Å². The van der Waals surface area contributed by atoms with Crippen molar-refractivity contribution in [3.63, 3.8) is 0 Å². The van der Waals surface area contributed by atoms with Gasteiger partial charge in [-0.05, 0) is 37.3 Å². The van der Waals surface area contributed by atoms with Crippen molar-refractivity contribution in [1.29, 1.82) is 0 Å². The zero-order valence-electron chi connectivity index (χ0n) is 17.4. The lowest BCUT2D eigenvalue weighted by molar-refractivity contribution is -0.136. The Labute approximate surface area is 176 Å². The first kappa shape index (κ1) is 22.7. The Morgan fingerprint density at radius 2 is 1.87 bits per heavy atom. The fourth-order valence-corrected chi connectivity index (χ4v) is 3.33. The zero-order chi connectivity index (χ0) is 22.8. The Kier molecular flexibility index (Phi) is 6.59. The molecule has 1 aromatic carbocycles. The van der Waals surface area contributed by atoms with Crippen molar-refractivity contribution >= 4 is 11.6 Å². The number of imidazole rings is 1. The van der Waals surface area contributed by atoms with Crippen LogP contribution in [0, 0.1) is 5.82 Å². The maximum Gasteiger partial charge on any atom is 0.420 e. The Morgan fingerprint density at radius 1 is 1.19 bits per heavy atom. The number of benzene rings is 1. The molecule has 1 aliphatic rings. The van der Waals surface area contributed by atoms with E-state index in [1.807, 2.05) is 20.8 Å². The number of carbonyl (C=O) groups is 1. The summed E-state index contributed by atoms with van der Waals surface area (Å²) in [7, 11) is 0. The number of aromatic nitrogens is 3. The van der Waals surface area contributed by atoms with E-state index in [2.05, 4.69) is 15.4 Å². The monoisotopic (exact) mass is 437 g/mol. The predicted octanol–water partition coefficient (Wildman–Crippen LogP) is 4.01. The Bertz CT molecular complexity index is 1060. The smallest absolute Gasteiger partial charge is 0.334 e. The highest BCUT2D eigenvalue weighted by atomic mass is 19.4. The third-order valence-corrected chi connectivity index (χ3v) is 4.75.